The van der Waals surface area contributed by atoms with Crippen LogP contribution in [0.2, 0.25) is 0 Å². The van der Waals surface area contributed by atoms with Gasteiger partial charge < -0.3 is 25.3 Å². The number of urea groups is 1. The highest BCUT2D eigenvalue weighted by Gasteiger charge is 2.21. The van der Waals surface area contributed by atoms with Crippen molar-refractivity contribution in [3.05, 3.63) is 89.7 Å². The highest BCUT2D eigenvalue weighted by molar-refractivity contribution is 5.94. The van der Waals surface area contributed by atoms with E-state index in [9.17, 15) is 18.8 Å². The fourth-order valence-corrected chi connectivity index (χ4v) is 4.31. The molecule has 0 bridgehead atoms. The van der Waals surface area contributed by atoms with E-state index < -0.39 is 0 Å². The summed E-state index contributed by atoms with van der Waals surface area (Å²) in [5.74, 6) is -0.912. The molecule has 0 spiro atoms. The molecule has 0 radical (unpaired) electrons. The number of rotatable bonds is 7. The molecule has 0 saturated carbocycles. The van der Waals surface area contributed by atoms with Crippen LogP contribution in [0.25, 0.3) is 0 Å². The molecule has 3 aromatic carbocycles. The number of hydrogen-bond donors (Lipinski definition) is 2. The molecule has 8 nitrogen and oxygen atoms in total. The van der Waals surface area contributed by atoms with Crippen molar-refractivity contribution in [3.8, 4) is 0 Å². The van der Waals surface area contributed by atoms with E-state index in [1.54, 1.807) is 17.0 Å². The van der Waals surface area contributed by atoms with Gasteiger partial charge in [-0.05, 0) is 66.6 Å². The van der Waals surface area contributed by atoms with Gasteiger partial charge in [0.2, 0.25) is 11.8 Å². The average molecular weight is 518 g/mol. The number of piperazine rings is 1. The van der Waals surface area contributed by atoms with Gasteiger partial charge in [0.15, 0.2) is 0 Å². The summed E-state index contributed by atoms with van der Waals surface area (Å²) in [6.45, 7) is 6.10. The normalized spacial score (nSPS) is 13.1. The molecule has 3 aromatic rings. The zero-order valence-corrected chi connectivity index (χ0v) is 21.6. The van der Waals surface area contributed by atoms with Gasteiger partial charge in [-0.15, -0.1) is 0 Å². The SMILES string of the molecule is CC(=O)N(CC(=O)Nc1ccc(N2CCN(C(=O)Nc3cccc(C)c3)CC2)cc1)Cc1ccc(F)cc1. The zero-order chi connectivity index (χ0) is 27.1. The molecule has 9 heteroatoms. The first-order chi connectivity index (χ1) is 18.3. The van der Waals surface area contributed by atoms with Crippen molar-refractivity contribution >= 4 is 34.9 Å². The van der Waals surface area contributed by atoms with Crippen LogP contribution in [0.4, 0.5) is 26.2 Å². The highest BCUT2D eigenvalue weighted by Crippen LogP contribution is 2.20. The van der Waals surface area contributed by atoms with Crippen molar-refractivity contribution in [1.82, 2.24) is 9.80 Å². The molecule has 1 aliphatic rings. The van der Waals surface area contributed by atoms with Gasteiger partial charge in [-0.1, -0.05) is 24.3 Å². The quantitative estimate of drug-likeness (QED) is 0.484. The molecule has 2 N–H and O–H groups in total. The number of anilines is 3. The Balaban J connectivity index is 1.26. The van der Waals surface area contributed by atoms with Gasteiger partial charge in [0.05, 0.1) is 0 Å². The molecule has 1 aliphatic heterocycles. The van der Waals surface area contributed by atoms with Gasteiger partial charge in [0, 0.05) is 56.7 Å². The third-order valence-electron chi connectivity index (χ3n) is 6.42. The predicted octanol–water partition coefficient (Wildman–Crippen LogP) is 4.48. The third-order valence-corrected chi connectivity index (χ3v) is 6.42. The van der Waals surface area contributed by atoms with E-state index in [-0.39, 0.29) is 36.8 Å². The number of nitrogens with zero attached hydrogens (tertiary/aromatic N) is 3. The lowest BCUT2D eigenvalue weighted by molar-refractivity contribution is -0.133. The number of carbonyl (C=O) groups excluding carboxylic acids is 3. The van der Waals surface area contributed by atoms with Crippen molar-refractivity contribution in [2.75, 3.05) is 48.3 Å². The van der Waals surface area contributed by atoms with Crippen molar-refractivity contribution < 1.29 is 18.8 Å². The summed E-state index contributed by atoms with van der Waals surface area (Å²) in [6.07, 6.45) is 0. The van der Waals surface area contributed by atoms with Gasteiger partial charge in [0.1, 0.15) is 12.4 Å². The second-order valence-electron chi connectivity index (χ2n) is 9.37. The predicted molar refractivity (Wildman–Crippen MR) is 147 cm³/mol. The monoisotopic (exact) mass is 517 g/mol. The lowest BCUT2D eigenvalue weighted by Crippen LogP contribution is -2.50. The number of hydrogen-bond acceptors (Lipinski definition) is 4. The van der Waals surface area contributed by atoms with Gasteiger partial charge >= 0.3 is 6.03 Å². The number of nitrogens with one attached hydrogen (secondary N) is 2. The van der Waals surface area contributed by atoms with Crippen molar-refractivity contribution in [2.24, 2.45) is 0 Å². The Labute approximate surface area is 222 Å². The molecular weight excluding hydrogens is 485 g/mol. The fourth-order valence-electron chi connectivity index (χ4n) is 4.31. The molecule has 0 aromatic heterocycles. The average Bonchev–Trinajstić information content (AvgIpc) is 2.90. The third kappa shape index (κ3) is 7.32. The van der Waals surface area contributed by atoms with E-state index in [2.05, 4.69) is 15.5 Å². The van der Waals surface area contributed by atoms with E-state index in [1.807, 2.05) is 55.5 Å². The summed E-state index contributed by atoms with van der Waals surface area (Å²) in [7, 11) is 0. The minimum atomic E-state index is -0.352. The van der Waals surface area contributed by atoms with E-state index in [1.165, 1.54) is 24.0 Å². The Hall–Kier alpha value is -4.40. The number of amides is 4. The maximum absolute atomic E-state index is 13.2. The molecular formula is C29H32FN5O3. The largest absolute Gasteiger partial charge is 0.368 e. The lowest BCUT2D eigenvalue weighted by atomic mass is 10.2. The Morgan fingerprint density at radius 1 is 0.868 bits per heavy atom. The summed E-state index contributed by atoms with van der Waals surface area (Å²) in [6, 6.07) is 21.0. The van der Waals surface area contributed by atoms with Crippen molar-refractivity contribution in [3.63, 3.8) is 0 Å². The molecule has 1 heterocycles. The van der Waals surface area contributed by atoms with Gasteiger partial charge in [0.25, 0.3) is 0 Å². The topological polar surface area (TPSA) is 85.0 Å². The van der Waals surface area contributed by atoms with Crippen LogP contribution in [0.15, 0.2) is 72.8 Å². The molecule has 0 aliphatic carbocycles. The molecule has 38 heavy (non-hydrogen) atoms. The second kappa shape index (κ2) is 12.2. The second-order valence-corrected chi connectivity index (χ2v) is 9.37. The van der Waals surface area contributed by atoms with E-state index in [0.717, 1.165) is 22.5 Å². The smallest absolute Gasteiger partial charge is 0.321 e. The molecule has 4 amide bonds. The van der Waals surface area contributed by atoms with E-state index in [4.69, 9.17) is 0 Å². The first kappa shape index (κ1) is 26.7. The molecule has 0 atom stereocenters. The Morgan fingerprint density at radius 3 is 2.18 bits per heavy atom. The van der Waals surface area contributed by atoms with Crippen molar-refractivity contribution in [2.45, 2.75) is 20.4 Å². The Morgan fingerprint density at radius 2 is 1.55 bits per heavy atom. The lowest BCUT2D eigenvalue weighted by Gasteiger charge is -2.36. The van der Waals surface area contributed by atoms with Crippen LogP contribution in [0.5, 0.6) is 0 Å². The first-order valence-electron chi connectivity index (χ1n) is 12.5. The fraction of sp³-hybridized carbons (Fsp3) is 0.276. The molecule has 198 valence electrons. The standard InChI is InChI=1S/C29H32FN5O3/c1-21-4-3-5-26(18-21)32-29(38)34-16-14-33(15-17-34)27-12-10-25(11-13-27)31-28(37)20-35(22(2)36)19-23-6-8-24(30)9-7-23/h3-13,18H,14-17,19-20H2,1-2H3,(H,31,37)(H,32,38). The number of benzene rings is 3. The number of carbonyl (C=O) groups is 3. The van der Waals surface area contributed by atoms with E-state index in [0.29, 0.717) is 31.9 Å². The van der Waals surface area contributed by atoms with Crippen LogP contribution in [0.1, 0.15) is 18.1 Å². The summed E-state index contributed by atoms with van der Waals surface area (Å²) >= 11 is 0. The number of aryl methyl sites for hydroxylation is 1. The van der Waals surface area contributed by atoms with E-state index >= 15 is 0 Å². The van der Waals surface area contributed by atoms with Gasteiger partial charge in [-0.3, -0.25) is 9.59 Å². The first-order valence-corrected chi connectivity index (χ1v) is 12.5. The van der Waals surface area contributed by atoms with Crippen LogP contribution in [0.3, 0.4) is 0 Å². The van der Waals surface area contributed by atoms with Gasteiger partial charge in [-0.2, -0.15) is 0 Å². The zero-order valence-electron chi connectivity index (χ0n) is 21.6. The van der Waals surface area contributed by atoms with Crippen LogP contribution in [-0.2, 0) is 16.1 Å². The molecule has 4 rings (SSSR count). The summed E-state index contributed by atoms with van der Waals surface area (Å²) in [4.78, 5) is 42.7. The minimum Gasteiger partial charge on any atom is -0.368 e. The van der Waals surface area contributed by atoms with Crippen LogP contribution < -0.4 is 15.5 Å². The van der Waals surface area contributed by atoms with Crippen molar-refractivity contribution in [1.29, 1.82) is 0 Å². The maximum Gasteiger partial charge on any atom is 0.321 e. The van der Waals surface area contributed by atoms with Crippen LogP contribution in [-0.4, -0.2) is 60.4 Å². The molecule has 1 saturated heterocycles. The minimum absolute atomic E-state index is 0.104. The summed E-state index contributed by atoms with van der Waals surface area (Å²) in [5.41, 5.74) is 4.25. The summed E-state index contributed by atoms with van der Waals surface area (Å²) in [5, 5.41) is 5.79. The summed E-state index contributed by atoms with van der Waals surface area (Å²) < 4.78 is 13.2. The maximum atomic E-state index is 13.2. The highest BCUT2D eigenvalue weighted by atomic mass is 19.1. The van der Waals surface area contributed by atoms with Crippen LogP contribution >= 0.6 is 0 Å². The Bertz CT molecular complexity index is 1270. The molecule has 1 fully saturated rings. The van der Waals surface area contributed by atoms with Crippen LogP contribution in [0, 0.1) is 12.7 Å². The number of halogens is 1. The Kier molecular flexibility index (Phi) is 8.58. The molecule has 0 unspecified atom stereocenters. The van der Waals surface area contributed by atoms with Gasteiger partial charge in [-0.25, -0.2) is 9.18 Å².